The average molecular weight is 239 g/mol. The number of aromatic carboxylic acids is 1. The molecule has 1 heterocycles. The van der Waals surface area contributed by atoms with Crippen molar-refractivity contribution < 1.29 is 19.0 Å². The fourth-order valence-electron chi connectivity index (χ4n) is 1.90. The molecule has 0 bridgehead atoms. The molecule has 0 radical (unpaired) electrons. The van der Waals surface area contributed by atoms with Crippen molar-refractivity contribution in [3.8, 4) is 5.75 Å². The van der Waals surface area contributed by atoms with E-state index >= 15 is 0 Å². The molecule has 0 aromatic heterocycles. The second-order valence-electron chi connectivity index (χ2n) is 4.24. The maximum Gasteiger partial charge on any atom is 0.335 e. The van der Waals surface area contributed by atoms with Gasteiger partial charge in [-0.25, -0.2) is 9.18 Å². The molecule has 5 heteroatoms. The zero-order valence-electron chi connectivity index (χ0n) is 9.52. The lowest BCUT2D eigenvalue weighted by atomic mass is 10.2. The van der Waals surface area contributed by atoms with Crippen LogP contribution >= 0.6 is 0 Å². The van der Waals surface area contributed by atoms with Crippen LogP contribution in [0.5, 0.6) is 5.75 Å². The maximum atomic E-state index is 13.6. The Balaban J connectivity index is 2.09. The van der Waals surface area contributed by atoms with Crippen molar-refractivity contribution >= 4 is 5.97 Å². The summed E-state index contributed by atoms with van der Waals surface area (Å²) in [6, 6.07) is 3.70. The molecule has 1 aromatic carbocycles. The van der Waals surface area contributed by atoms with Gasteiger partial charge in [0, 0.05) is 13.1 Å². The molecule has 1 aliphatic heterocycles. The zero-order chi connectivity index (χ0) is 12.4. The van der Waals surface area contributed by atoms with Gasteiger partial charge in [-0.2, -0.15) is 0 Å². The lowest BCUT2D eigenvalue weighted by Gasteiger charge is -2.14. The SMILES string of the molecule is CN1CCC(Oc2ccc(C(=O)O)cc2F)C1. The number of nitrogens with zero attached hydrogens (tertiary/aromatic N) is 1. The number of halogens is 1. The molecule has 1 saturated heterocycles. The van der Waals surface area contributed by atoms with Crippen molar-refractivity contribution in [3.05, 3.63) is 29.6 Å². The Bertz CT molecular complexity index is 436. The Kier molecular flexibility index (Phi) is 3.28. The van der Waals surface area contributed by atoms with E-state index in [1.54, 1.807) is 0 Å². The van der Waals surface area contributed by atoms with Gasteiger partial charge in [-0.1, -0.05) is 0 Å². The maximum absolute atomic E-state index is 13.6. The molecule has 0 spiro atoms. The predicted octanol–water partition coefficient (Wildman–Crippen LogP) is 1.61. The highest BCUT2D eigenvalue weighted by atomic mass is 19.1. The molecule has 0 aliphatic carbocycles. The first-order valence-electron chi connectivity index (χ1n) is 5.44. The summed E-state index contributed by atoms with van der Waals surface area (Å²) in [6.45, 7) is 1.69. The number of carboxylic acids is 1. The highest BCUT2D eigenvalue weighted by Crippen LogP contribution is 2.22. The number of benzene rings is 1. The molecule has 1 atom stereocenters. The lowest BCUT2D eigenvalue weighted by Crippen LogP contribution is -2.21. The van der Waals surface area contributed by atoms with Gasteiger partial charge in [0.25, 0.3) is 0 Å². The van der Waals surface area contributed by atoms with Crippen LogP contribution in [0.4, 0.5) is 4.39 Å². The summed E-state index contributed by atoms with van der Waals surface area (Å²) in [5, 5.41) is 8.70. The van der Waals surface area contributed by atoms with Crippen LogP contribution in [-0.4, -0.2) is 42.2 Å². The van der Waals surface area contributed by atoms with Crippen molar-refractivity contribution in [1.82, 2.24) is 4.90 Å². The molecule has 4 nitrogen and oxygen atoms in total. The standard InChI is InChI=1S/C12H14FNO3/c1-14-5-4-9(7-14)17-11-3-2-8(12(15)16)6-10(11)13/h2-3,6,9H,4-5,7H2,1H3,(H,15,16). The van der Waals surface area contributed by atoms with Crippen LogP contribution in [0.3, 0.4) is 0 Å². The van der Waals surface area contributed by atoms with Gasteiger partial charge < -0.3 is 14.7 Å². The van der Waals surface area contributed by atoms with E-state index in [0.717, 1.165) is 25.6 Å². The Morgan fingerprint density at radius 3 is 2.88 bits per heavy atom. The van der Waals surface area contributed by atoms with Crippen LogP contribution in [0.15, 0.2) is 18.2 Å². The Morgan fingerprint density at radius 2 is 2.35 bits per heavy atom. The third-order valence-corrected chi connectivity index (χ3v) is 2.82. The molecule has 0 saturated carbocycles. The summed E-state index contributed by atoms with van der Waals surface area (Å²) in [5.41, 5.74) is -0.0709. The van der Waals surface area contributed by atoms with Crippen LogP contribution in [0.25, 0.3) is 0 Å². The number of rotatable bonds is 3. The van der Waals surface area contributed by atoms with Crippen molar-refractivity contribution in [3.63, 3.8) is 0 Å². The molecule has 92 valence electrons. The van der Waals surface area contributed by atoms with Gasteiger partial charge in [0.2, 0.25) is 0 Å². The van der Waals surface area contributed by atoms with Gasteiger partial charge in [0.05, 0.1) is 5.56 Å². The molecule has 1 fully saturated rings. The molecular weight excluding hydrogens is 225 g/mol. The minimum Gasteiger partial charge on any atom is -0.486 e. The summed E-state index contributed by atoms with van der Waals surface area (Å²) < 4.78 is 19.1. The number of carbonyl (C=O) groups is 1. The average Bonchev–Trinajstić information content (AvgIpc) is 2.67. The van der Waals surface area contributed by atoms with Crippen LogP contribution in [0, 0.1) is 5.82 Å². The summed E-state index contributed by atoms with van der Waals surface area (Å²) in [5.74, 6) is -1.65. The van der Waals surface area contributed by atoms with Crippen LogP contribution < -0.4 is 4.74 Å². The fourth-order valence-corrected chi connectivity index (χ4v) is 1.90. The smallest absolute Gasteiger partial charge is 0.335 e. The largest absolute Gasteiger partial charge is 0.486 e. The summed E-state index contributed by atoms with van der Waals surface area (Å²) in [6.07, 6.45) is 0.835. The molecule has 2 rings (SSSR count). The highest BCUT2D eigenvalue weighted by molar-refractivity contribution is 5.87. The second kappa shape index (κ2) is 4.71. The van der Waals surface area contributed by atoms with Crippen LogP contribution in [0.2, 0.25) is 0 Å². The molecular formula is C12H14FNO3. The third kappa shape index (κ3) is 2.74. The van der Waals surface area contributed by atoms with Crippen molar-refractivity contribution in [2.24, 2.45) is 0 Å². The van der Waals surface area contributed by atoms with Crippen molar-refractivity contribution in [2.75, 3.05) is 20.1 Å². The van der Waals surface area contributed by atoms with E-state index in [2.05, 4.69) is 4.90 Å². The lowest BCUT2D eigenvalue weighted by molar-refractivity contribution is 0.0696. The quantitative estimate of drug-likeness (QED) is 0.870. The summed E-state index contributed by atoms with van der Waals surface area (Å²) >= 11 is 0. The van der Waals surface area contributed by atoms with E-state index in [9.17, 15) is 9.18 Å². The van der Waals surface area contributed by atoms with Gasteiger partial charge in [0.1, 0.15) is 6.10 Å². The van der Waals surface area contributed by atoms with E-state index < -0.39 is 11.8 Å². The first kappa shape index (κ1) is 11.9. The minimum atomic E-state index is -1.14. The molecule has 1 unspecified atom stereocenters. The molecule has 17 heavy (non-hydrogen) atoms. The monoisotopic (exact) mass is 239 g/mol. The number of hydrogen-bond donors (Lipinski definition) is 1. The number of likely N-dealkylation sites (tertiary alicyclic amines) is 1. The van der Waals surface area contributed by atoms with E-state index in [1.807, 2.05) is 7.05 Å². The van der Waals surface area contributed by atoms with Gasteiger partial charge >= 0.3 is 5.97 Å². The summed E-state index contributed by atoms with van der Waals surface area (Å²) in [7, 11) is 1.98. The van der Waals surface area contributed by atoms with E-state index in [0.29, 0.717) is 0 Å². The Labute approximate surface area is 98.6 Å². The van der Waals surface area contributed by atoms with Crippen molar-refractivity contribution in [2.45, 2.75) is 12.5 Å². The zero-order valence-corrected chi connectivity index (χ0v) is 9.52. The number of hydrogen-bond acceptors (Lipinski definition) is 3. The molecule has 1 aliphatic rings. The predicted molar refractivity (Wildman–Crippen MR) is 59.9 cm³/mol. The highest BCUT2D eigenvalue weighted by Gasteiger charge is 2.22. The van der Waals surface area contributed by atoms with E-state index in [-0.39, 0.29) is 17.4 Å². The fraction of sp³-hybridized carbons (Fsp3) is 0.417. The van der Waals surface area contributed by atoms with Gasteiger partial charge in [-0.3, -0.25) is 0 Å². The van der Waals surface area contributed by atoms with Crippen LogP contribution in [0.1, 0.15) is 16.8 Å². The third-order valence-electron chi connectivity index (χ3n) is 2.82. The van der Waals surface area contributed by atoms with Crippen LogP contribution in [-0.2, 0) is 0 Å². The first-order valence-corrected chi connectivity index (χ1v) is 5.44. The number of ether oxygens (including phenoxy) is 1. The normalized spacial score (nSPS) is 20.5. The Morgan fingerprint density at radius 1 is 1.59 bits per heavy atom. The van der Waals surface area contributed by atoms with E-state index in [1.165, 1.54) is 12.1 Å². The van der Waals surface area contributed by atoms with Crippen molar-refractivity contribution in [1.29, 1.82) is 0 Å². The number of likely N-dealkylation sites (N-methyl/N-ethyl adjacent to an activating group) is 1. The molecule has 1 N–H and O–H groups in total. The topological polar surface area (TPSA) is 49.8 Å². The second-order valence-corrected chi connectivity index (χ2v) is 4.24. The van der Waals surface area contributed by atoms with Gasteiger partial charge in [0.15, 0.2) is 11.6 Å². The molecule has 1 aromatic rings. The Hall–Kier alpha value is -1.62. The van der Waals surface area contributed by atoms with Gasteiger partial charge in [-0.15, -0.1) is 0 Å². The minimum absolute atomic E-state index is 0.0230. The number of carboxylic acid groups (broad SMARTS) is 1. The first-order chi connectivity index (χ1) is 8.06. The molecule has 0 amide bonds. The summed E-state index contributed by atoms with van der Waals surface area (Å²) in [4.78, 5) is 12.7. The van der Waals surface area contributed by atoms with Gasteiger partial charge in [-0.05, 0) is 31.7 Å². The van der Waals surface area contributed by atoms with E-state index in [4.69, 9.17) is 9.84 Å².